The van der Waals surface area contributed by atoms with Crippen molar-refractivity contribution in [1.29, 1.82) is 0 Å². The Morgan fingerprint density at radius 3 is 2.38 bits per heavy atom. The number of nitrogens with one attached hydrogen (secondary N) is 1. The van der Waals surface area contributed by atoms with Gasteiger partial charge in [0.1, 0.15) is 0 Å². The van der Waals surface area contributed by atoms with Gasteiger partial charge in [0.2, 0.25) is 5.78 Å². The molecule has 0 unspecified atom stereocenters. The van der Waals surface area contributed by atoms with Crippen LogP contribution in [-0.2, 0) is 16.6 Å². The lowest BCUT2D eigenvalue weighted by Crippen LogP contribution is -2.20. The summed E-state index contributed by atoms with van der Waals surface area (Å²) in [4.78, 5) is 35.5. The predicted molar refractivity (Wildman–Crippen MR) is 99.8 cm³/mol. The van der Waals surface area contributed by atoms with E-state index in [-0.39, 0.29) is 17.0 Å². The number of benzene rings is 1. The first-order chi connectivity index (χ1) is 13.5. The van der Waals surface area contributed by atoms with E-state index in [1.807, 2.05) is 18.5 Å². The molecule has 1 N–H and O–H groups in total. The molecule has 0 fully saturated rings. The molecule has 0 saturated carbocycles. The van der Waals surface area contributed by atoms with Gasteiger partial charge < -0.3 is 14.6 Å². The number of carbonyl (C=O) groups excluding carboxylic acids is 3. The number of aryl methyl sites for hydroxylation is 1. The number of esters is 1. The van der Waals surface area contributed by atoms with Gasteiger partial charge in [-0.25, -0.2) is 4.79 Å². The van der Waals surface area contributed by atoms with Gasteiger partial charge in [-0.3, -0.25) is 9.59 Å². The smallest absolute Gasteiger partial charge is 0.454 e. The molecule has 0 radical (unpaired) electrons. The van der Waals surface area contributed by atoms with Crippen molar-refractivity contribution in [3.63, 3.8) is 0 Å². The molecule has 0 aliphatic carbocycles. The highest BCUT2D eigenvalue weighted by atomic mass is 19.4. The SMILES string of the molecule is Cc1cc(C(=O)COC(=O)c2ccccc2N/C=C/C(=O)C(F)(F)F)c(C)n1C. The zero-order chi connectivity index (χ0) is 21.8. The molecule has 1 aromatic carbocycles. The largest absolute Gasteiger partial charge is 0.454 e. The molecule has 6 nitrogen and oxygen atoms in total. The van der Waals surface area contributed by atoms with Gasteiger partial charge in [-0.2, -0.15) is 13.2 Å². The average molecular weight is 408 g/mol. The van der Waals surface area contributed by atoms with Crippen molar-refractivity contribution in [2.24, 2.45) is 7.05 Å². The van der Waals surface area contributed by atoms with E-state index in [0.717, 1.165) is 17.6 Å². The summed E-state index contributed by atoms with van der Waals surface area (Å²) in [5, 5.41) is 2.45. The molecule has 0 bridgehead atoms. The van der Waals surface area contributed by atoms with Gasteiger partial charge in [0.05, 0.1) is 11.3 Å². The number of ether oxygens (including phenoxy) is 1. The van der Waals surface area contributed by atoms with E-state index in [1.54, 1.807) is 19.1 Å². The van der Waals surface area contributed by atoms with Crippen molar-refractivity contribution in [2.75, 3.05) is 11.9 Å². The molecule has 2 rings (SSSR count). The van der Waals surface area contributed by atoms with Crippen molar-refractivity contribution >= 4 is 23.2 Å². The van der Waals surface area contributed by atoms with E-state index in [2.05, 4.69) is 5.32 Å². The Kier molecular flexibility index (Phi) is 6.63. The first-order valence-electron chi connectivity index (χ1n) is 8.49. The van der Waals surface area contributed by atoms with Crippen LogP contribution in [0.25, 0.3) is 0 Å². The first kappa shape index (κ1) is 21.9. The monoisotopic (exact) mass is 408 g/mol. The third-order valence-electron chi connectivity index (χ3n) is 4.31. The van der Waals surface area contributed by atoms with E-state index in [4.69, 9.17) is 4.74 Å². The number of hydrogen-bond donors (Lipinski definition) is 1. The van der Waals surface area contributed by atoms with Gasteiger partial charge in [0.25, 0.3) is 5.78 Å². The molecule has 0 atom stereocenters. The summed E-state index contributed by atoms with van der Waals surface area (Å²) < 4.78 is 43.5. The Morgan fingerprint density at radius 2 is 1.79 bits per heavy atom. The van der Waals surface area contributed by atoms with E-state index >= 15 is 0 Å². The first-order valence-corrected chi connectivity index (χ1v) is 8.49. The number of allylic oxidation sites excluding steroid dienone is 1. The minimum atomic E-state index is -4.98. The Morgan fingerprint density at radius 1 is 1.14 bits per heavy atom. The van der Waals surface area contributed by atoms with Gasteiger partial charge in [0, 0.05) is 36.3 Å². The highest BCUT2D eigenvalue weighted by Gasteiger charge is 2.36. The van der Waals surface area contributed by atoms with Crippen LogP contribution >= 0.6 is 0 Å². The Balaban J connectivity index is 2.06. The number of Topliss-reactive ketones (excluding diaryl/α,β-unsaturated/α-hetero) is 1. The molecule has 0 amide bonds. The van der Waals surface area contributed by atoms with E-state index < -0.39 is 24.5 Å². The number of rotatable bonds is 7. The summed E-state index contributed by atoms with van der Waals surface area (Å²) in [7, 11) is 1.81. The number of para-hydroxylation sites is 1. The van der Waals surface area contributed by atoms with Crippen LogP contribution in [0, 0.1) is 13.8 Å². The topological polar surface area (TPSA) is 77.4 Å². The molecule has 1 heterocycles. The van der Waals surface area contributed by atoms with E-state index in [9.17, 15) is 27.6 Å². The van der Waals surface area contributed by atoms with Crippen LogP contribution in [-0.4, -0.2) is 34.9 Å². The highest BCUT2D eigenvalue weighted by molar-refractivity contribution is 6.02. The molecule has 0 saturated heterocycles. The van der Waals surface area contributed by atoms with Crippen LogP contribution < -0.4 is 5.32 Å². The summed E-state index contributed by atoms with van der Waals surface area (Å²) in [5.74, 6) is -3.24. The van der Waals surface area contributed by atoms with Crippen molar-refractivity contribution in [3.05, 3.63) is 65.1 Å². The third-order valence-corrected chi connectivity index (χ3v) is 4.31. The minimum absolute atomic E-state index is 0.00497. The molecule has 2 aromatic rings. The second-order valence-corrected chi connectivity index (χ2v) is 6.23. The number of hydrogen-bond acceptors (Lipinski definition) is 5. The molecule has 29 heavy (non-hydrogen) atoms. The van der Waals surface area contributed by atoms with Gasteiger partial charge in [-0.15, -0.1) is 0 Å². The maximum atomic E-state index is 12.3. The van der Waals surface area contributed by atoms with Crippen LogP contribution in [0.4, 0.5) is 18.9 Å². The standard InChI is InChI=1S/C20H19F3N2O4/c1-12-10-15(13(2)25(12)3)17(26)11-29-19(28)14-6-4-5-7-16(14)24-9-8-18(27)20(21,22)23/h4-10,24H,11H2,1-3H3/b9-8+. The number of nitrogens with zero attached hydrogens (tertiary/aromatic N) is 1. The van der Waals surface area contributed by atoms with Crippen LogP contribution in [0.3, 0.4) is 0 Å². The highest BCUT2D eigenvalue weighted by Crippen LogP contribution is 2.19. The number of halogens is 3. The van der Waals surface area contributed by atoms with Crippen LogP contribution in [0.15, 0.2) is 42.6 Å². The van der Waals surface area contributed by atoms with Gasteiger partial charge >= 0.3 is 12.1 Å². The second-order valence-electron chi connectivity index (χ2n) is 6.23. The molecular weight excluding hydrogens is 389 g/mol. The van der Waals surface area contributed by atoms with Crippen LogP contribution in [0.5, 0.6) is 0 Å². The van der Waals surface area contributed by atoms with Crippen molar-refractivity contribution in [3.8, 4) is 0 Å². The van der Waals surface area contributed by atoms with Crippen LogP contribution in [0.1, 0.15) is 32.1 Å². The Labute approximate surface area is 165 Å². The molecule has 1 aromatic heterocycles. The fourth-order valence-corrected chi connectivity index (χ4v) is 2.51. The lowest BCUT2D eigenvalue weighted by Gasteiger charge is -2.09. The number of aromatic nitrogens is 1. The van der Waals surface area contributed by atoms with Crippen molar-refractivity contribution in [1.82, 2.24) is 4.57 Å². The zero-order valence-electron chi connectivity index (χ0n) is 16.0. The number of anilines is 1. The zero-order valence-corrected chi connectivity index (χ0v) is 16.0. The molecule has 0 aliphatic rings. The second kappa shape index (κ2) is 8.76. The van der Waals surface area contributed by atoms with Crippen LogP contribution in [0.2, 0.25) is 0 Å². The Hall–Kier alpha value is -3.36. The number of carbonyl (C=O) groups is 3. The molecular formula is C20H19F3N2O4. The van der Waals surface area contributed by atoms with E-state index in [1.165, 1.54) is 18.2 Å². The van der Waals surface area contributed by atoms with Crippen molar-refractivity contribution in [2.45, 2.75) is 20.0 Å². The maximum absolute atomic E-state index is 12.3. The summed E-state index contributed by atoms with van der Waals surface area (Å²) in [6, 6.07) is 7.57. The Bertz CT molecular complexity index is 975. The van der Waals surface area contributed by atoms with Gasteiger partial charge in [0.15, 0.2) is 6.61 Å². The lowest BCUT2D eigenvalue weighted by molar-refractivity contribution is -0.165. The minimum Gasteiger partial charge on any atom is -0.454 e. The molecule has 9 heteroatoms. The van der Waals surface area contributed by atoms with Gasteiger partial charge in [-0.05, 0) is 32.0 Å². The molecule has 0 aliphatic heterocycles. The number of alkyl halides is 3. The molecule has 154 valence electrons. The average Bonchev–Trinajstić information content (AvgIpc) is 2.92. The van der Waals surface area contributed by atoms with Crippen molar-refractivity contribution < 1.29 is 32.3 Å². The fourth-order valence-electron chi connectivity index (χ4n) is 2.51. The summed E-state index contributed by atoms with van der Waals surface area (Å²) in [6.07, 6.45) is -3.89. The third kappa shape index (κ3) is 5.34. The van der Waals surface area contributed by atoms with Gasteiger partial charge in [-0.1, -0.05) is 12.1 Å². The summed E-state index contributed by atoms with van der Waals surface area (Å²) in [5.41, 5.74) is 2.20. The van der Waals surface area contributed by atoms with E-state index in [0.29, 0.717) is 11.6 Å². The summed E-state index contributed by atoms with van der Waals surface area (Å²) in [6.45, 7) is 3.13. The lowest BCUT2D eigenvalue weighted by atomic mass is 10.1. The fraction of sp³-hybridized carbons (Fsp3) is 0.250. The summed E-state index contributed by atoms with van der Waals surface area (Å²) >= 11 is 0. The maximum Gasteiger partial charge on any atom is 0.454 e. The predicted octanol–water partition coefficient (Wildman–Crippen LogP) is 3.74. The normalized spacial score (nSPS) is 11.5. The molecule has 0 spiro atoms. The quantitative estimate of drug-likeness (QED) is 0.429. The number of ketones is 2.